The van der Waals surface area contributed by atoms with Crippen molar-refractivity contribution in [2.24, 2.45) is 0 Å². The SMILES string of the molecule is CC1=C(C)C([Si](C)(C)N2CCCC2)C(C)=C1C. The molecule has 1 aliphatic carbocycles. The number of allylic oxidation sites excluding steroid dienone is 4. The van der Waals surface area contributed by atoms with E-state index < -0.39 is 8.24 Å². The number of nitrogens with zero attached hydrogens (tertiary/aromatic N) is 1. The highest BCUT2D eigenvalue weighted by Gasteiger charge is 2.43. The van der Waals surface area contributed by atoms with Gasteiger partial charge < -0.3 is 4.57 Å². The van der Waals surface area contributed by atoms with Gasteiger partial charge in [-0.15, -0.1) is 0 Å². The first-order valence-corrected chi connectivity index (χ1v) is 10.00. The molecule has 0 aromatic rings. The van der Waals surface area contributed by atoms with Gasteiger partial charge in [0.05, 0.1) is 0 Å². The van der Waals surface area contributed by atoms with Crippen molar-refractivity contribution in [2.75, 3.05) is 13.1 Å². The third kappa shape index (κ3) is 1.95. The first-order chi connectivity index (χ1) is 7.87. The van der Waals surface area contributed by atoms with Crippen LogP contribution in [0.1, 0.15) is 40.5 Å². The van der Waals surface area contributed by atoms with Crippen LogP contribution in [0.15, 0.2) is 22.3 Å². The molecule has 1 saturated heterocycles. The zero-order valence-corrected chi connectivity index (χ0v) is 13.4. The van der Waals surface area contributed by atoms with Crippen LogP contribution < -0.4 is 0 Å². The van der Waals surface area contributed by atoms with Gasteiger partial charge in [-0.2, -0.15) is 0 Å². The molecule has 96 valence electrons. The summed E-state index contributed by atoms with van der Waals surface area (Å²) >= 11 is 0. The average molecular weight is 249 g/mol. The van der Waals surface area contributed by atoms with Crippen molar-refractivity contribution in [2.45, 2.75) is 59.2 Å². The van der Waals surface area contributed by atoms with Crippen LogP contribution in [0.4, 0.5) is 0 Å². The minimum atomic E-state index is -1.33. The smallest absolute Gasteiger partial charge is 0.133 e. The predicted molar refractivity (Wildman–Crippen MR) is 78.8 cm³/mol. The van der Waals surface area contributed by atoms with E-state index >= 15 is 0 Å². The van der Waals surface area contributed by atoms with Gasteiger partial charge in [-0.1, -0.05) is 24.2 Å². The Bertz CT molecular complexity index is 360. The van der Waals surface area contributed by atoms with E-state index in [0.29, 0.717) is 0 Å². The second-order valence-electron chi connectivity index (χ2n) is 6.40. The Hall–Kier alpha value is -0.343. The van der Waals surface area contributed by atoms with E-state index in [1.165, 1.54) is 25.9 Å². The van der Waals surface area contributed by atoms with E-state index in [0.717, 1.165) is 5.54 Å². The molecule has 0 saturated carbocycles. The highest BCUT2D eigenvalue weighted by atomic mass is 28.3. The molecule has 1 fully saturated rings. The number of rotatable bonds is 2. The van der Waals surface area contributed by atoms with Gasteiger partial charge in [0.15, 0.2) is 0 Å². The zero-order chi connectivity index (χ0) is 12.8. The molecule has 0 unspecified atom stereocenters. The van der Waals surface area contributed by atoms with Gasteiger partial charge in [0, 0.05) is 5.54 Å². The largest absolute Gasteiger partial charge is 0.323 e. The highest BCUT2D eigenvalue weighted by molar-refractivity contribution is 6.77. The van der Waals surface area contributed by atoms with E-state index in [1.807, 2.05) is 0 Å². The topological polar surface area (TPSA) is 3.24 Å². The second-order valence-corrected chi connectivity index (χ2v) is 10.9. The molecule has 0 N–H and O–H groups in total. The lowest BCUT2D eigenvalue weighted by molar-refractivity contribution is 0.512. The van der Waals surface area contributed by atoms with Gasteiger partial charge in [-0.3, -0.25) is 0 Å². The van der Waals surface area contributed by atoms with Crippen molar-refractivity contribution in [1.82, 2.24) is 4.57 Å². The van der Waals surface area contributed by atoms with Crippen LogP contribution in [0.3, 0.4) is 0 Å². The third-order valence-corrected chi connectivity index (χ3v) is 9.60. The lowest BCUT2D eigenvalue weighted by atomic mass is 10.1. The molecule has 1 nitrogen and oxygen atoms in total. The zero-order valence-electron chi connectivity index (χ0n) is 12.4. The van der Waals surface area contributed by atoms with Crippen molar-refractivity contribution in [1.29, 1.82) is 0 Å². The Kier molecular flexibility index (Phi) is 3.39. The van der Waals surface area contributed by atoms with Crippen molar-refractivity contribution in [3.05, 3.63) is 22.3 Å². The van der Waals surface area contributed by atoms with Gasteiger partial charge in [-0.05, 0) is 64.8 Å². The van der Waals surface area contributed by atoms with E-state index in [-0.39, 0.29) is 0 Å². The molecule has 2 rings (SSSR count). The van der Waals surface area contributed by atoms with Crippen LogP contribution in [0.2, 0.25) is 18.6 Å². The molecule has 0 aromatic carbocycles. The maximum absolute atomic E-state index is 2.83. The standard InChI is InChI=1S/C15H27NSi/c1-11-12(2)14(4)15(13(11)3)17(5,6)16-9-7-8-10-16/h15H,7-10H2,1-6H3. The minimum absolute atomic E-state index is 0.764. The molecule has 1 aliphatic heterocycles. The van der Waals surface area contributed by atoms with Gasteiger partial charge >= 0.3 is 0 Å². The quantitative estimate of drug-likeness (QED) is 0.658. The molecular weight excluding hydrogens is 222 g/mol. The van der Waals surface area contributed by atoms with Crippen LogP contribution >= 0.6 is 0 Å². The maximum Gasteiger partial charge on any atom is 0.133 e. The molecule has 0 aromatic heterocycles. The molecule has 1 heterocycles. The summed E-state index contributed by atoms with van der Waals surface area (Å²) in [5.41, 5.74) is 7.20. The van der Waals surface area contributed by atoms with Crippen LogP contribution in [0, 0.1) is 0 Å². The molecule has 2 aliphatic rings. The molecule has 0 amide bonds. The number of hydrogen-bond acceptors (Lipinski definition) is 1. The summed E-state index contributed by atoms with van der Waals surface area (Å²) in [7, 11) is -1.33. The summed E-state index contributed by atoms with van der Waals surface area (Å²) in [6, 6.07) is 0. The average Bonchev–Trinajstić information content (AvgIpc) is 2.85. The predicted octanol–water partition coefficient (Wildman–Crippen LogP) is 4.34. The Morgan fingerprint density at radius 3 is 1.71 bits per heavy atom. The van der Waals surface area contributed by atoms with E-state index in [1.54, 1.807) is 22.3 Å². The third-order valence-electron chi connectivity index (χ3n) is 5.24. The molecule has 0 radical (unpaired) electrons. The van der Waals surface area contributed by atoms with Crippen LogP contribution in [-0.2, 0) is 0 Å². The Morgan fingerprint density at radius 1 is 0.882 bits per heavy atom. The van der Waals surface area contributed by atoms with Gasteiger partial charge in [-0.25, -0.2) is 0 Å². The molecular formula is C15H27NSi. The first kappa shape index (κ1) is 13.1. The molecule has 0 atom stereocenters. The minimum Gasteiger partial charge on any atom is -0.323 e. The fraction of sp³-hybridized carbons (Fsp3) is 0.733. The lowest BCUT2D eigenvalue weighted by Gasteiger charge is -2.40. The Labute approximate surface area is 108 Å². The highest BCUT2D eigenvalue weighted by Crippen LogP contribution is 2.47. The summed E-state index contributed by atoms with van der Waals surface area (Å²) in [5.74, 6) is 0. The first-order valence-electron chi connectivity index (χ1n) is 6.97. The summed E-state index contributed by atoms with van der Waals surface area (Å²) in [6.45, 7) is 17.2. The van der Waals surface area contributed by atoms with E-state index in [9.17, 15) is 0 Å². The Balaban J connectivity index is 2.34. The molecule has 2 heteroatoms. The number of hydrogen-bond donors (Lipinski definition) is 0. The van der Waals surface area contributed by atoms with Crippen molar-refractivity contribution in [3.63, 3.8) is 0 Å². The normalized spacial score (nSPS) is 24.4. The van der Waals surface area contributed by atoms with Crippen molar-refractivity contribution < 1.29 is 0 Å². The molecule has 17 heavy (non-hydrogen) atoms. The summed E-state index contributed by atoms with van der Waals surface area (Å²) < 4.78 is 2.83. The fourth-order valence-corrected chi connectivity index (χ4v) is 8.27. The molecule has 0 bridgehead atoms. The van der Waals surface area contributed by atoms with Gasteiger partial charge in [0.2, 0.25) is 0 Å². The molecule has 0 spiro atoms. The summed E-state index contributed by atoms with van der Waals surface area (Å²) in [4.78, 5) is 0. The monoisotopic (exact) mass is 249 g/mol. The van der Waals surface area contributed by atoms with Crippen LogP contribution in [-0.4, -0.2) is 25.9 Å². The fourth-order valence-electron chi connectivity index (χ4n) is 3.88. The van der Waals surface area contributed by atoms with Gasteiger partial charge in [0.25, 0.3) is 0 Å². The van der Waals surface area contributed by atoms with Crippen molar-refractivity contribution >= 4 is 8.24 Å². The maximum atomic E-state index is 2.83. The van der Waals surface area contributed by atoms with E-state index in [2.05, 4.69) is 45.4 Å². The summed E-state index contributed by atoms with van der Waals surface area (Å²) in [5, 5.41) is 0. The Morgan fingerprint density at radius 2 is 1.29 bits per heavy atom. The second kappa shape index (κ2) is 4.40. The van der Waals surface area contributed by atoms with Crippen molar-refractivity contribution in [3.8, 4) is 0 Å². The van der Waals surface area contributed by atoms with E-state index in [4.69, 9.17) is 0 Å². The lowest BCUT2D eigenvalue weighted by Crippen LogP contribution is -2.51. The van der Waals surface area contributed by atoms with Crippen LogP contribution in [0.5, 0.6) is 0 Å². The summed E-state index contributed by atoms with van der Waals surface area (Å²) in [6.07, 6.45) is 2.82. The van der Waals surface area contributed by atoms with Gasteiger partial charge in [0.1, 0.15) is 8.24 Å². The van der Waals surface area contributed by atoms with Crippen LogP contribution in [0.25, 0.3) is 0 Å².